The molecule has 1 aliphatic rings. The molecule has 0 atom stereocenters. The molecule has 0 N–H and O–H groups in total. The lowest BCUT2D eigenvalue weighted by Crippen LogP contribution is -2.25. The van der Waals surface area contributed by atoms with E-state index in [0.29, 0.717) is 0 Å². The zero-order valence-electron chi connectivity index (χ0n) is 12.7. The SMILES string of the molecule is C=C/C=C\C=C/CCN(CC)CCCC1CCCC1. The Morgan fingerprint density at radius 1 is 1.11 bits per heavy atom. The minimum Gasteiger partial charge on any atom is -0.303 e. The largest absolute Gasteiger partial charge is 0.303 e. The van der Waals surface area contributed by atoms with Crippen molar-refractivity contribution < 1.29 is 0 Å². The maximum Gasteiger partial charge on any atom is 0.00159 e. The molecular formula is C18H31N. The summed E-state index contributed by atoms with van der Waals surface area (Å²) in [6.07, 6.45) is 20.1. The molecule has 1 heteroatoms. The molecule has 1 nitrogen and oxygen atoms in total. The normalized spacial score (nSPS) is 17.2. The van der Waals surface area contributed by atoms with Gasteiger partial charge in [-0.25, -0.2) is 0 Å². The van der Waals surface area contributed by atoms with Gasteiger partial charge in [-0.3, -0.25) is 0 Å². The molecule has 0 unspecified atom stereocenters. The minimum absolute atomic E-state index is 1.04. The van der Waals surface area contributed by atoms with Crippen LogP contribution in [0.1, 0.15) is 51.9 Å². The first-order valence-electron chi connectivity index (χ1n) is 8.03. The van der Waals surface area contributed by atoms with Gasteiger partial charge >= 0.3 is 0 Å². The van der Waals surface area contributed by atoms with E-state index < -0.39 is 0 Å². The highest BCUT2D eigenvalue weighted by Gasteiger charge is 2.14. The Kier molecular flexibility index (Phi) is 9.44. The van der Waals surface area contributed by atoms with Gasteiger partial charge in [0.25, 0.3) is 0 Å². The van der Waals surface area contributed by atoms with Gasteiger partial charge in [0.15, 0.2) is 0 Å². The monoisotopic (exact) mass is 261 g/mol. The van der Waals surface area contributed by atoms with E-state index in [1.165, 1.54) is 58.2 Å². The van der Waals surface area contributed by atoms with Crippen LogP contribution in [0.5, 0.6) is 0 Å². The van der Waals surface area contributed by atoms with Crippen molar-refractivity contribution in [1.29, 1.82) is 0 Å². The summed E-state index contributed by atoms with van der Waals surface area (Å²) in [7, 11) is 0. The van der Waals surface area contributed by atoms with Crippen molar-refractivity contribution in [3.05, 3.63) is 37.0 Å². The molecule has 1 fully saturated rings. The Labute approximate surface area is 120 Å². The lowest BCUT2D eigenvalue weighted by atomic mass is 10.0. The second-order valence-electron chi connectivity index (χ2n) is 5.56. The molecule has 1 saturated carbocycles. The average Bonchev–Trinajstić information content (AvgIpc) is 2.93. The molecule has 0 heterocycles. The van der Waals surface area contributed by atoms with E-state index in [1.807, 2.05) is 18.2 Å². The first-order chi connectivity index (χ1) is 9.36. The van der Waals surface area contributed by atoms with Gasteiger partial charge in [0.2, 0.25) is 0 Å². The number of allylic oxidation sites excluding steroid dienone is 4. The van der Waals surface area contributed by atoms with Gasteiger partial charge in [0.05, 0.1) is 0 Å². The van der Waals surface area contributed by atoms with Crippen LogP contribution in [-0.4, -0.2) is 24.5 Å². The summed E-state index contributed by atoms with van der Waals surface area (Å²) < 4.78 is 0. The Balaban J connectivity index is 2.05. The van der Waals surface area contributed by atoms with Gasteiger partial charge in [0.1, 0.15) is 0 Å². The van der Waals surface area contributed by atoms with Crippen molar-refractivity contribution in [2.45, 2.75) is 51.9 Å². The summed E-state index contributed by atoms with van der Waals surface area (Å²) in [6, 6.07) is 0. The fraction of sp³-hybridized carbons (Fsp3) is 0.667. The first-order valence-corrected chi connectivity index (χ1v) is 8.03. The third-order valence-electron chi connectivity index (χ3n) is 4.12. The molecular weight excluding hydrogens is 230 g/mol. The first kappa shape index (κ1) is 16.2. The van der Waals surface area contributed by atoms with Gasteiger partial charge in [-0.2, -0.15) is 0 Å². The van der Waals surface area contributed by atoms with E-state index >= 15 is 0 Å². The molecule has 0 radical (unpaired) electrons. The van der Waals surface area contributed by atoms with E-state index in [2.05, 4.69) is 30.6 Å². The predicted molar refractivity (Wildman–Crippen MR) is 86.4 cm³/mol. The number of rotatable bonds is 10. The van der Waals surface area contributed by atoms with E-state index in [1.54, 1.807) is 0 Å². The van der Waals surface area contributed by atoms with Crippen molar-refractivity contribution in [2.75, 3.05) is 19.6 Å². The molecule has 0 aromatic rings. The molecule has 0 aromatic heterocycles. The molecule has 0 aliphatic heterocycles. The van der Waals surface area contributed by atoms with Crippen molar-refractivity contribution in [3.8, 4) is 0 Å². The Morgan fingerprint density at radius 2 is 1.89 bits per heavy atom. The molecule has 0 amide bonds. The van der Waals surface area contributed by atoms with Crippen LogP contribution in [0.25, 0.3) is 0 Å². The van der Waals surface area contributed by atoms with Gasteiger partial charge in [-0.05, 0) is 38.3 Å². The van der Waals surface area contributed by atoms with E-state index in [0.717, 1.165) is 12.3 Å². The van der Waals surface area contributed by atoms with Crippen LogP contribution in [0.4, 0.5) is 0 Å². The molecule has 1 rings (SSSR count). The lowest BCUT2D eigenvalue weighted by Gasteiger charge is -2.20. The third kappa shape index (κ3) is 8.05. The zero-order chi connectivity index (χ0) is 13.8. The van der Waals surface area contributed by atoms with Gasteiger partial charge in [0, 0.05) is 6.54 Å². The van der Waals surface area contributed by atoms with Crippen LogP contribution in [0.15, 0.2) is 37.0 Å². The van der Waals surface area contributed by atoms with Crippen LogP contribution in [0.3, 0.4) is 0 Å². The molecule has 0 bridgehead atoms. The van der Waals surface area contributed by atoms with Gasteiger partial charge < -0.3 is 4.90 Å². The molecule has 1 aliphatic carbocycles. The van der Waals surface area contributed by atoms with E-state index in [9.17, 15) is 0 Å². The summed E-state index contributed by atoms with van der Waals surface area (Å²) in [6.45, 7) is 9.59. The summed E-state index contributed by atoms with van der Waals surface area (Å²) in [4.78, 5) is 2.58. The maximum atomic E-state index is 3.66. The van der Waals surface area contributed by atoms with Crippen LogP contribution in [0.2, 0.25) is 0 Å². The van der Waals surface area contributed by atoms with Gasteiger partial charge in [-0.15, -0.1) is 0 Å². The fourth-order valence-electron chi connectivity index (χ4n) is 2.91. The van der Waals surface area contributed by atoms with Crippen LogP contribution in [-0.2, 0) is 0 Å². The number of hydrogen-bond acceptors (Lipinski definition) is 1. The Hall–Kier alpha value is -0.820. The fourth-order valence-corrected chi connectivity index (χ4v) is 2.91. The third-order valence-corrected chi connectivity index (χ3v) is 4.12. The quantitative estimate of drug-likeness (QED) is 0.502. The number of hydrogen-bond donors (Lipinski definition) is 0. The maximum absolute atomic E-state index is 3.66. The topological polar surface area (TPSA) is 3.24 Å². The lowest BCUT2D eigenvalue weighted by molar-refractivity contribution is 0.278. The standard InChI is InChI=1S/C18H31N/c1-3-5-6-7-8-11-16-19(4-2)17-12-15-18-13-9-10-14-18/h3,5-8,18H,1,4,9-17H2,2H3/b6-5-,8-7-. The zero-order valence-corrected chi connectivity index (χ0v) is 12.7. The van der Waals surface area contributed by atoms with Gasteiger partial charge in [-0.1, -0.05) is 69.6 Å². The summed E-state index contributed by atoms with van der Waals surface area (Å²) in [5.41, 5.74) is 0. The van der Waals surface area contributed by atoms with Crippen molar-refractivity contribution in [3.63, 3.8) is 0 Å². The highest BCUT2D eigenvalue weighted by Crippen LogP contribution is 2.28. The molecule has 108 valence electrons. The molecule has 0 spiro atoms. The Bertz CT molecular complexity index is 271. The second-order valence-corrected chi connectivity index (χ2v) is 5.56. The highest BCUT2D eigenvalue weighted by molar-refractivity contribution is 5.08. The minimum atomic E-state index is 1.04. The Morgan fingerprint density at radius 3 is 2.58 bits per heavy atom. The average molecular weight is 261 g/mol. The van der Waals surface area contributed by atoms with E-state index in [-0.39, 0.29) is 0 Å². The highest BCUT2D eigenvalue weighted by atomic mass is 15.1. The van der Waals surface area contributed by atoms with E-state index in [4.69, 9.17) is 0 Å². The second kappa shape index (κ2) is 11.0. The van der Waals surface area contributed by atoms with Crippen LogP contribution >= 0.6 is 0 Å². The molecule has 0 saturated heterocycles. The number of nitrogens with zero attached hydrogens (tertiary/aromatic N) is 1. The van der Waals surface area contributed by atoms with Crippen LogP contribution in [0, 0.1) is 5.92 Å². The van der Waals surface area contributed by atoms with Crippen LogP contribution < -0.4 is 0 Å². The summed E-state index contributed by atoms with van der Waals surface area (Å²) >= 11 is 0. The smallest absolute Gasteiger partial charge is 0.00159 e. The van der Waals surface area contributed by atoms with Crippen molar-refractivity contribution in [1.82, 2.24) is 4.90 Å². The van der Waals surface area contributed by atoms with Crippen molar-refractivity contribution >= 4 is 0 Å². The molecule has 0 aromatic carbocycles. The van der Waals surface area contributed by atoms with Crippen molar-refractivity contribution in [2.24, 2.45) is 5.92 Å². The summed E-state index contributed by atoms with van der Waals surface area (Å²) in [5.74, 6) is 1.04. The predicted octanol–water partition coefficient (Wildman–Crippen LogP) is 4.97. The molecule has 19 heavy (non-hydrogen) atoms. The summed E-state index contributed by atoms with van der Waals surface area (Å²) in [5, 5.41) is 0.